The molecule has 0 bridgehead atoms. The lowest BCUT2D eigenvalue weighted by molar-refractivity contribution is 0.337. The predicted octanol–water partition coefficient (Wildman–Crippen LogP) is 3.80. The summed E-state index contributed by atoms with van der Waals surface area (Å²) in [6, 6.07) is 11.0. The molecule has 0 atom stereocenters. The molecule has 2 N–H and O–H groups in total. The van der Waals surface area contributed by atoms with E-state index in [1.807, 2.05) is 6.92 Å². The molecule has 0 spiro atoms. The number of phenols is 1. The van der Waals surface area contributed by atoms with Gasteiger partial charge in [0, 0.05) is 29.4 Å². The van der Waals surface area contributed by atoms with E-state index in [4.69, 9.17) is 4.74 Å². The van der Waals surface area contributed by atoms with Gasteiger partial charge < -0.3 is 9.84 Å². The fourth-order valence-electron chi connectivity index (χ4n) is 2.19. The van der Waals surface area contributed by atoms with Crippen LogP contribution < -0.4 is 9.46 Å². The predicted molar refractivity (Wildman–Crippen MR) is 106 cm³/mol. The standard InChI is InChI=1S/C18H17N3O4S2/c1-2-25-15-6-3-13(17(22)11-15)12-20-14-4-7-16(8-5-14)27(23,24)21-18-19-9-10-26-18/h3-12,22H,2H2,1H3,(H,19,21). The Hall–Kier alpha value is -2.91. The maximum atomic E-state index is 12.3. The van der Waals surface area contributed by atoms with Gasteiger partial charge in [-0.3, -0.25) is 9.71 Å². The van der Waals surface area contributed by atoms with Crippen molar-refractivity contribution in [3.8, 4) is 11.5 Å². The summed E-state index contributed by atoms with van der Waals surface area (Å²) in [6.45, 7) is 2.38. The zero-order chi connectivity index (χ0) is 19.3. The molecule has 7 nitrogen and oxygen atoms in total. The van der Waals surface area contributed by atoms with Gasteiger partial charge in [-0.25, -0.2) is 13.4 Å². The van der Waals surface area contributed by atoms with Crippen LogP contribution in [0.25, 0.3) is 0 Å². The van der Waals surface area contributed by atoms with Crippen LogP contribution >= 0.6 is 11.3 Å². The first kappa shape index (κ1) is 18.9. The van der Waals surface area contributed by atoms with Gasteiger partial charge in [0.05, 0.1) is 17.2 Å². The van der Waals surface area contributed by atoms with Crippen LogP contribution in [0, 0.1) is 0 Å². The Morgan fingerprint density at radius 2 is 2.04 bits per heavy atom. The van der Waals surface area contributed by atoms with Crippen LogP contribution in [0.15, 0.2) is 63.9 Å². The van der Waals surface area contributed by atoms with E-state index in [9.17, 15) is 13.5 Å². The smallest absolute Gasteiger partial charge is 0.263 e. The maximum absolute atomic E-state index is 12.3. The average Bonchev–Trinajstić information content (AvgIpc) is 3.14. The normalized spacial score (nSPS) is 11.6. The molecule has 0 fully saturated rings. The largest absolute Gasteiger partial charge is 0.507 e. The second kappa shape index (κ2) is 8.19. The molecule has 0 aliphatic heterocycles. The number of nitrogens with one attached hydrogen (secondary N) is 1. The van der Waals surface area contributed by atoms with Gasteiger partial charge in [0.25, 0.3) is 10.0 Å². The molecule has 140 valence electrons. The summed E-state index contributed by atoms with van der Waals surface area (Å²) in [5.74, 6) is 0.631. The van der Waals surface area contributed by atoms with E-state index in [-0.39, 0.29) is 10.6 Å². The molecule has 2 aromatic carbocycles. The van der Waals surface area contributed by atoms with Gasteiger partial charge in [-0.2, -0.15) is 0 Å². The van der Waals surface area contributed by atoms with Gasteiger partial charge in [0.15, 0.2) is 5.13 Å². The average molecular weight is 403 g/mol. The molecular weight excluding hydrogens is 386 g/mol. The van der Waals surface area contributed by atoms with Gasteiger partial charge in [-0.1, -0.05) is 0 Å². The van der Waals surface area contributed by atoms with E-state index in [0.29, 0.717) is 28.7 Å². The fraction of sp³-hybridized carbons (Fsp3) is 0.111. The van der Waals surface area contributed by atoms with E-state index in [0.717, 1.165) is 0 Å². The third-order valence-electron chi connectivity index (χ3n) is 3.47. The first-order valence-electron chi connectivity index (χ1n) is 8.00. The molecule has 3 rings (SSSR count). The van der Waals surface area contributed by atoms with Crippen LogP contribution in [0.3, 0.4) is 0 Å². The summed E-state index contributed by atoms with van der Waals surface area (Å²) in [6.07, 6.45) is 3.03. The molecule has 0 saturated heterocycles. The molecule has 0 aliphatic rings. The molecule has 0 radical (unpaired) electrons. The Morgan fingerprint density at radius 3 is 2.67 bits per heavy atom. The highest BCUT2D eigenvalue weighted by molar-refractivity contribution is 7.93. The van der Waals surface area contributed by atoms with Gasteiger partial charge in [-0.05, 0) is 43.3 Å². The lowest BCUT2D eigenvalue weighted by atomic mass is 10.2. The van der Waals surface area contributed by atoms with Crippen LogP contribution in [0.4, 0.5) is 10.8 Å². The minimum absolute atomic E-state index is 0.0524. The Morgan fingerprint density at radius 1 is 1.26 bits per heavy atom. The van der Waals surface area contributed by atoms with Crippen molar-refractivity contribution in [2.45, 2.75) is 11.8 Å². The number of sulfonamides is 1. The van der Waals surface area contributed by atoms with E-state index >= 15 is 0 Å². The fourth-order valence-corrected chi connectivity index (χ4v) is 3.98. The molecule has 0 unspecified atom stereocenters. The van der Waals surface area contributed by atoms with E-state index in [1.54, 1.807) is 29.6 Å². The summed E-state index contributed by atoms with van der Waals surface area (Å²) in [5, 5.41) is 12.0. The number of anilines is 1. The topological polar surface area (TPSA) is 101 Å². The quantitative estimate of drug-likeness (QED) is 0.585. The number of benzene rings is 2. The second-order valence-corrected chi connectivity index (χ2v) is 7.93. The molecular formula is C18H17N3O4S2. The minimum Gasteiger partial charge on any atom is -0.507 e. The highest BCUT2D eigenvalue weighted by Gasteiger charge is 2.15. The summed E-state index contributed by atoms with van der Waals surface area (Å²) in [4.78, 5) is 8.28. The number of hydrogen-bond donors (Lipinski definition) is 2. The second-order valence-electron chi connectivity index (χ2n) is 5.35. The van der Waals surface area contributed by atoms with Crippen LogP contribution in [0.5, 0.6) is 11.5 Å². The number of aliphatic imine (C=N–C) groups is 1. The van der Waals surface area contributed by atoms with Crippen LogP contribution in [0.2, 0.25) is 0 Å². The monoisotopic (exact) mass is 403 g/mol. The van der Waals surface area contributed by atoms with Crippen LogP contribution in [-0.2, 0) is 10.0 Å². The minimum atomic E-state index is -3.69. The Balaban J connectivity index is 1.73. The Kier molecular flexibility index (Phi) is 5.72. The molecule has 9 heteroatoms. The molecule has 1 aromatic heterocycles. The SMILES string of the molecule is CCOc1ccc(C=Nc2ccc(S(=O)(=O)Nc3nccs3)cc2)c(O)c1. The molecule has 1 heterocycles. The van der Waals surface area contributed by atoms with E-state index in [2.05, 4.69) is 14.7 Å². The third kappa shape index (κ3) is 4.83. The van der Waals surface area contributed by atoms with Crippen molar-refractivity contribution in [2.24, 2.45) is 4.99 Å². The van der Waals surface area contributed by atoms with E-state index < -0.39 is 10.0 Å². The zero-order valence-corrected chi connectivity index (χ0v) is 16.0. The van der Waals surface area contributed by atoms with Crippen molar-refractivity contribution < 1.29 is 18.3 Å². The lowest BCUT2D eigenvalue weighted by Gasteiger charge is -2.06. The molecule has 0 aliphatic carbocycles. The summed E-state index contributed by atoms with van der Waals surface area (Å²) >= 11 is 1.20. The van der Waals surface area contributed by atoms with Gasteiger partial charge in [0.2, 0.25) is 0 Å². The van der Waals surface area contributed by atoms with Crippen molar-refractivity contribution in [3.05, 3.63) is 59.6 Å². The molecule has 27 heavy (non-hydrogen) atoms. The number of aromatic nitrogens is 1. The van der Waals surface area contributed by atoms with Crippen molar-refractivity contribution in [1.82, 2.24) is 4.98 Å². The maximum Gasteiger partial charge on any atom is 0.263 e. The number of hydrogen-bond acceptors (Lipinski definition) is 7. The highest BCUT2D eigenvalue weighted by atomic mass is 32.2. The van der Waals surface area contributed by atoms with Crippen LogP contribution in [0.1, 0.15) is 12.5 Å². The molecule has 0 saturated carbocycles. The number of thiazole rings is 1. The van der Waals surface area contributed by atoms with Crippen LogP contribution in [-0.4, -0.2) is 31.3 Å². The zero-order valence-electron chi connectivity index (χ0n) is 14.4. The summed E-state index contributed by atoms with van der Waals surface area (Å²) in [7, 11) is -3.69. The van der Waals surface area contributed by atoms with Crippen molar-refractivity contribution in [1.29, 1.82) is 0 Å². The number of nitrogens with zero attached hydrogens (tertiary/aromatic N) is 2. The first-order chi connectivity index (χ1) is 13.0. The highest BCUT2D eigenvalue weighted by Crippen LogP contribution is 2.24. The molecule has 3 aromatic rings. The number of phenolic OH excluding ortho intramolecular Hbond substituents is 1. The molecule has 0 amide bonds. The van der Waals surface area contributed by atoms with Crippen molar-refractivity contribution in [2.75, 3.05) is 11.3 Å². The third-order valence-corrected chi connectivity index (χ3v) is 5.64. The van der Waals surface area contributed by atoms with Crippen molar-refractivity contribution >= 4 is 38.4 Å². The number of ether oxygens (including phenoxy) is 1. The first-order valence-corrected chi connectivity index (χ1v) is 10.4. The summed E-state index contributed by atoms with van der Waals surface area (Å²) < 4.78 is 32.3. The van der Waals surface area contributed by atoms with Crippen molar-refractivity contribution in [3.63, 3.8) is 0 Å². The number of rotatable bonds is 7. The van der Waals surface area contributed by atoms with Gasteiger partial charge >= 0.3 is 0 Å². The van der Waals surface area contributed by atoms with E-state index in [1.165, 1.54) is 41.9 Å². The van der Waals surface area contributed by atoms with Gasteiger partial charge in [0.1, 0.15) is 11.5 Å². The Bertz CT molecular complexity index is 1030. The Labute approximate surface area is 161 Å². The lowest BCUT2D eigenvalue weighted by Crippen LogP contribution is -2.12. The van der Waals surface area contributed by atoms with Gasteiger partial charge in [-0.15, -0.1) is 11.3 Å². The summed E-state index contributed by atoms with van der Waals surface area (Å²) in [5.41, 5.74) is 1.08. The number of aromatic hydroxyl groups is 1.